The van der Waals surface area contributed by atoms with Crippen LogP contribution in [0.2, 0.25) is 0 Å². The lowest BCUT2D eigenvalue weighted by Crippen LogP contribution is -2.32. The molecule has 2 heteroatoms. The number of nitrogens with zero attached hydrogens (tertiary/aromatic N) is 1. The highest BCUT2D eigenvalue weighted by Crippen LogP contribution is 2.28. The van der Waals surface area contributed by atoms with E-state index in [4.69, 9.17) is 0 Å². The number of hydrogen-bond donors (Lipinski definition) is 0. The molecule has 1 aliphatic heterocycles. The molecule has 1 heterocycles. The Morgan fingerprint density at radius 2 is 1.50 bits per heavy atom. The molecule has 4 rings (SSSR count). The molecule has 2 aromatic rings. The van der Waals surface area contributed by atoms with E-state index in [0.29, 0.717) is 0 Å². The van der Waals surface area contributed by atoms with E-state index in [1.807, 2.05) is 0 Å². The molecule has 0 saturated heterocycles. The molecular weight excluding hydrogens is 290 g/mol. The minimum Gasteiger partial charge on any atom is -0.298 e. The highest BCUT2D eigenvalue weighted by atomic mass is 35.5. The summed E-state index contributed by atoms with van der Waals surface area (Å²) in [6.45, 7) is 3.55. The summed E-state index contributed by atoms with van der Waals surface area (Å²) in [6.07, 6.45) is 6.36. The van der Waals surface area contributed by atoms with Crippen LogP contribution in [0.3, 0.4) is 0 Å². The van der Waals surface area contributed by atoms with E-state index < -0.39 is 0 Å². The third-order valence-corrected chi connectivity index (χ3v) is 5.06. The molecule has 0 aromatic heterocycles. The maximum atomic E-state index is 2.62. The summed E-state index contributed by atoms with van der Waals surface area (Å²) >= 11 is 0. The molecule has 2 aliphatic rings. The van der Waals surface area contributed by atoms with Crippen LogP contribution < -0.4 is 0 Å². The van der Waals surface area contributed by atoms with Gasteiger partial charge in [-0.05, 0) is 59.9 Å². The van der Waals surface area contributed by atoms with E-state index in [1.54, 1.807) is 22.3 Å². The second-order valence-corrected chi connectivity index (χ2v) is 6.50. The van der Waals surface area contributed by atoms with Gasteiger partial charge in [0.15, 0.2) is 0 Å². The lowest BCUT2D eigenvalue weighted by Gasteiger charge is -2.29. The molecule has 0 bridgehead atoms. The largest absolute Gasteiger partial charge is 0.298 e. The van der Waals surface area contributed by atoms with E-state index in [9.17, 15) is 0 Å². The normalized spacial score (nSPS) is 16.7. The average molecular weight is 314 g/mol. The summed E-state index contributed by atoms with van der Waals surface area (Å²) in [7, 11) is 0. The molecule has 1 aliphatic carbocycles. The molecule has 116 valence electrons. The third-order valence-electron chi connectivity index (χ3n) is 5.06. The van der Waals surface area contributed by atoms with Crippen molar-refractivity contribution in [3.63, 3.8) is 0 Å². The van der Waals surface area contributed by atoms with Crippen LogP contribution in [0, 0.1) is 0 Å². The second kappa shape index (κ2) is 6.85. The van der Waals surface area contributed by atoms with Gasteiger partial charge in [-0.1, -0.05) is 42.5 Å². The van der Waals surface area contributed by atoms with Crippen molar-refractivity contribution in [3.8, 4) is 0 Å². The number of halogens is 1. The maximum Gasteiger partial charge on any atom is 0.0236 e. The van der Waals surface area contributed by atoms with Gasteiger partial charge in [0, 0.05) is 19.6 Å². The molecule has 0 N–H and O–H groups in total. The van der Waals surface area contributed by atoms with E-state index in [0.717, 1.165) is 6.54 Å². The third kappa shape index (κ3) is 3.21. The van der Waals surface area contributed by atoms with Crippen LogP contribution in [-0.2, 0) is 32.2 Å². The van der Waals surface area contributed by atoms with Crippen molar-refractivity contribution in [1.82, 2.24) is 4.90 Å². The average Bonchev–Trinajstić information content (AvgIpc) is 2.98. The molecule has 0 fully saturated rings. The van der Waals surface area contributed by atoms with Crippen molar-refractivity contribution in [3.05, 3.63) is 70.3 Å². The standard InChI is InChI=1S/C20H23N.ClH/c1-2-5-16(6-3-1)9-11-21-12-10-19-13-17-7-4-8-18(17)14-20(19)15-21;/h1-3,5-6,13-14H,4,7-12,15H2;1H. The fraction of sp³-hybridized carbons (Fsp3) is 0.400. The molecule has 0 atom stereocenters. The van der Waals surface area contributed by atoms with E-state index >= 15 is 0 Å². The molecule has 22 heavy (non-hydrogen) atoms. The monoisotopic (exact) mass is 313 g/mol. The van der Waals surface area contributed by atoms with Gasteiger partial charge in [-0.25, -0.2) is 0 Å². The zero-order valence-corrected chi connectivity index (χ0v) is 13.9. The van der Waals surface area contributed by atoms with Crippen LogP contribution in [0.1, 0.15) is 34.2 Å². The number of fused-ring (bicyclic) bond motifs is 2. The van der Waals surface area contributed by atoms with Gasteiger partial charge in [0.05, 0.1) is 0 Å². The molecular formula is C20H24ClN. The fourth-order valence-corrected chi connectivity index (χ4v) is 3.83. The van der Waals surface area contributed by atoms with Gasteiger partial charge in [0.1, 0.15) is 0 Å². The first-order valence-electron chi connectivity index (χ1n) is 8.28. The molecule has 0 radical (unpaired) electrons. The van der Waals surface area contributed by atoms with Crippen molar-refractivity contribution < 1.29 is 0 Å². The van der Waals surface area contributed by atoms with Gasteiger partial charge in [0.2, 0.25) is 0 Å². The predicted octanol–water partition coefficient (Wildman–Crippen LogP) is 4.20. The lowest BCUT2D eigenvalue weighted by atomic mass is 9.94. The number of benzene rings is 2. The Labute approximate surface area is 139 Å². The summed E-state index contributed by atoms with van der Waals surface area (Å²) in [6, 6.07) is 15.9. The Kier molecular flexibility index (Phi) is 4.85. The Hall–Kier alpha value is -1.31. The zero-order chi connectivity index (χ0) is 14.1. The predicted molar refractivity (Wildman–Crippen MR) is 94.8 cm³/mol. The van der Waals surface area contributed by atoms with Gasteiger partial charge < -0.3 is 0 Å². The zero-order valence-electron chi connectivity index (χ0n) is 13.1. The summed E-state index contributed by atoms with van der Waals surface area (Å²) in [5, 5.41) is 0. The number of aryl methyl sites for hydroxylation is 2. The molecule has 0 unspecified atom stereocenters. The van der Waals surface area contributed by atoms with E-state index in [2.05, 4.69) is 47.4 Å². The minimum absolute atomic E-state index is 0. The molecule has 1 nitrogen and oxygen atoms in total. The summed E-state index contributed by atoms with van der Waals surface area (Å²) in [5.74, 6) is 0. The van der Waals surface area contributed by atoms with Crippen molar-refractivity contribution in [2.75, 3.05) is 13.1 Å². The first-order valence-corrected chi connectivity index (χ1v) is 8.28. The second-order valence-electron chi connectivity index (χ2n) is 6.50. The highest BCUT2D eigenvalue weighted by Gasteiger charge is 2.20. The Morgan fingerprint density at radius 3 is 2.27 bits per heavy atom. The van der Waals surface area contributed by atoms with Crippen molar-refractivity contribution >= 4 is 12.4 Å². The molecule has 0 amide bonds. The SMILES string of the molecule is Cl.c1ccc(CCN2CCc3cc4c(cc3C2)CCC4)cc1. The Balaban J connectivity index is 0.00000144. The first-order chi connectivity index (χ1) is 10.4. The smallest absolute Gasteiger partial charge is 0.0236 e. The first kappa shape index (κ1) is 15.6. The summed E-state index contributed by atoms with van der Waals surface area (Å²) in [4.78, 5) is 2.62. The number of hydrogen-bond acceptors (Lipinski definition) is 1. The van der Waals surface area contributed by atoms with Crippen LogP contribution in [0.15, 0.2) is 42.5 Å². The summed E-state index contributed by atoms with van der Waals surface area (Å²) < 4.78 is 0. The summed E-state index contributed by atoms with van der Waals surface area (Å²) in [5.41, 5.74) is 7.92. The number of rotatable bonds is 3. The van der Waals surface area contributed by atoms with Crippen molar-refractivity contribution in [1.29, 1.82) is 0 Å². The Morgan fingerprint density at radius 1 is 0.818 bits per heavy atom. The quantitative estimate of drug-likeness (QED) is 0.821. The van der Waals surface area contributed by atoms with Gasteiger partial charge in [-0.15, -0.1) is 12.4 Å². The van der Waals surface area contributed by atoms with E-state index in [1.165, 1.54) is 50.8 Å². The van der Waals surface area contributed by atoms with Crippen LogP contribution in [-0.4, -0.2) is 18.0 Å². The van der Waals surface area contributed by atoms with Gasteiger partial charge in [-0.3, -0.25) is 4.90 Å². The minimum atomic E-state index is 0. The van der Waals surface area contributed by atoms with E-state index in [-0.39, 0.29) is 12.4 Å². The molecule has 2 aromatic carbocycles. The lowest BCUT2D eigenvalue weighted by molar-refractivity contribution is 0.257. The topological polar surface area (TPSA) is 3.24 Å². The molecule has 0 saturated carbocycles. The van der Waals surface area contributed by atoms with Gasteiger partial charge >= 0.3 is 0 Å². The van der Waals surface area contributed by atoms with Crippen LogP contribution >= 0.6 is 12.4 Å². The van der Waals surface area contributed by atoms with Gasteiger partial charge in [0.25, 0.3) is 0 Å². The van der Waals surface area contributed by atoms with Crippen molar-refractivity contribution in [2.45, 2.75) is 38.6 Å². The fourth-order valence-electron chi connectivity index (χ4n) is 3.83. The highest BCUT2D eigenvalue weighted by molar-refractivity contribution is 5.85. The maximum absolute atomic E-state index is 2.62. The molecule has 0 spiro atoms. The van der Waals surface area contributed by atoms with Gasteiger partial charge in [-0.2, -0.15) is 0 Å². The Bertz CT molecular complexity index is 636. The van der Waals surface area contributed by atoms with Crippen LogP contribution in [0.5, 0.6) is 0 Å². The van der Waals surface area contributed by atoms with Crippen molar-refractivity contribution in [2.24, 2.45) is 0 Å². The van der Waals surface area contributed by atoms with Crippen LogP contribution in [0.25, 0.3) is 0 Å². The van der Waals surface area contributed by atoms with Crippen LogP contribution in [0.4, 0.5) is 0 Å².